The Kier molecular flexibility index (Phi) is 5.23. The van der Waals surface area contributed by atoms with Gasteiger partial charge in [0.15, 0.2) is 11.9 Å². The summed E-state index contributed by atoms with van der Waals surface area (Å²) in [5.74, 6) is 0.452. The molecule has 7 nitrogen and oxygen atoms in total. The summed E-state index contributed by atoms with van der Waals surface area (Å²) in [5.41, 5.74) is 0.771. The van der Waals surface area contributed by atoms with E-state index >= 15 is 0 Å². The molecule has 0 fully saturated rings. The molecule has 2 aromatic heterocycles. The number of aromatic nitrogens is 2. The van der Waals surface area contributed by atoms with E-state index in [0.717, 1.165) is 11.3 Å². The zero-order valence-corrected chi connectivity index (χ0v) is 15.8. The number of aromatic amines is 1. The number of thiophene rings is 1. The molecule has 138 valence electrons. The van der Waals surface area contributed by atoms with E-state index in [1.54, 1.807) is 45.0 Å². The molecule has 0 saturated heterocycles. The number of nitrogens with zero attached hydrogens (tertiary/aromatic N) is 2. The van der Waals surface area contributed by atoms with Crippen LogP contribution in [0.2, 0.25) is 0 Å². The summed E-state index contributed by atoms with van der Waals surface area (Å²) in [6.45, 7) is 5.45. The first-order valence-electron chi connectivity index (χ1n) is 8.31. The molecular formula is C19H17N3O4S. The third kappa shape index (κ3) is 3.68. The maximum absolute atomic E-state index is 12.5. The van der Waals surface area contributed by atoms with Gasteiger partial charge in [-0.2, -0.15) is 5.26 Å². The first kappa shape index (κ1) is 18.6. The van der Waals surface area contributed by atoms with Crippen LogP contribution in [0.5, 0.6) is 5.75 Å². The second-order valence-electron chi connectivity index (χ2n) is 5.80. The van der Waals surface area contributed by atoms with Crippen molar-refractivity contribution in [2.24, 2.45) is 0 Å². The van der Waals surface area contributed by atoms with Gasteiger partial charge in [-0.1, -0.05) is 0 Å². The van der Waals surface area contributed by atoms with Gasteiger partial charge in [-0.05, 0) is 50.6 Å². The number of fused-ring (bicyclic) bond motifs is 1. The monoisotopic (exact) mass is 383 g/mol. The third-order valence-electron chi connectivity index (χ3n) is 3.96. The van der Waals surface area contributed by atoms with Crippen molar-refractivity contribution in [1.29, 1.82) is 5.26 Å². The minimum Gasteiger partial charge on any atom is -0.483 e. The highest BCUT2D eigenvalue weighted by Crippen LogP contribution is 2.29. The van der Waals surface area contributed by atoms with Gasteiger partial charge in [0.25, 0.3) is 5.56 Å². The maximum Gasteiger partial charge on any atom is 0.348 e. The maximum atomic E-state index is 12.5. The van der Waals surface area contributed by atoms with Gasteiger partial charge in [-0.15, -0.1) is 11.3 Å². The van der Waals surface area contributed by atoms with Gasteiger partial charge < -0.3 is 14.5 Å². The number of nitriles is 1. The topological polar surface area (TPSA) is 105 Å². The summed E-state index contributed by atoms with van der Waals surface area (Å²) >= 11 is 1.13. The molecule has 1 aromatic carbocycles. The van der Waals surface area contributed by atoms with E-state index < -0.39 is 12.1 Å². The average molecular weight is 383 g/mol. The molecule has 8 heteroatoms. The zero-order chi connectivity index (χ0) is 19.6. The number of H-pyrrole nitrogens is 1. The first-order valence-corrected chi connectivity index (χ1v) is 9.13. The third-order valence-corrected chi connectivity index (χ3v) is 5.13. The van der Waals surface area contributed by atoms with Crippen LogP contribution >= 0.6 is 11.3 Å². The Bertz CT molecular complexity index is 1090. The van der Waals surface area contributed by atoms with E-state index in [2.05, 4.69) is 9.97 Å². The van der Waals surface area contributed by atoms with Crippen LogP contribution < -0.4 is 10.3 Å². The number of rotatable bonds is 5. The molecule has 0 aliphatic rings. The molecule has 0 bridgehead atoms. The van der Waals surface area contributed by atoms with Gasteiger partial charge in [-0.3, -0.25) is 4.79 Å². The summed E-state index contributed by atoms with van der Waals surface area (Å²) in [6.07, 6.45) is -0.525. The lowest BCUT2D eigenvalue weighted by molar-refractivity contribution is 0.0531. The molecule has 3 aromatic rings. The number of carbonyl (C=O) groups is 1. The van der Waals surface area contributed by atoms with E-state index in [9.17, 15) is 9.59 Å². The molecule has 0 spiro atoms. The van der Waals surface area contributed by atoms with Crippen LogP contribution in [0.4, 0.5) is 0 Å². The fraction of sp³-hybridized carbons (Fsp3) is 0.263. The van der Waals surface area contributed by atoms with Crippen LogP contribution in [-0.4, -0.2) is 22.5 Å². The molecule has 27 heavy (non-hydrogen) atoms. The molecule has 0 aliphatic heterocycles. The predicted octanol–water partition coefficient (Wildman–Crippen LogP) is 3.48. The Morgan fingerprint density at radius 2 is 2.07 bits per heavy atom. The fourth-order valence-electron chi connectivity index (χ4n) is 2.61. The largest absolute Gasteiger partial charge is 0.483 e. The minimum atomic E-state index is -0.525. The van der Waals surface area contributed by atoms with Crippen LogP contribution in [0.3, 0.4) is 0 Å². The van der Waals surface area contributed by atoms with Gasteiger partial charge in [0.1, 0.15) is 15.5 Å². The lowest BCUT2D eigenvalue weighted by Crippen LogP contribution is -2.16. The Morgan fingerprint density at radius 1 is 1.37 bits per heavy atom. The number of benzene rings is 1. The van der Waals surface area contributed by atoms with Crippen molar-refractivity contribution in [3.8, 4) is 11.8 Å². The molecule has 1 N–H and O–H groups in total. The van der Waals surface area contributed by atoms with Gasteiger partial charge in [-0.25, -0.2) is 9.78 Å². The number of aryl methyl sites for hydroxylation is 1. The fourth-order valence-corrected chi connectivity index (χ4v) is 3.70. The molecule has 0 saturated carbocycles. The molecule has 0 aliphatic carbocycles. The number of esters is 1. The van der Waals surface area contributed by atoms with Crippen molar-refractivity contribution in [2.75, 3.05) is 6.61 Å². The second kappa shape index (κ2) is 7.60. The SMILES string of the molecule is CCOC(=O)c1sc2nc([C@H](C)Oc3ccc(C#N)cc3)[nH]c(=O)c2c1C. The van der Waals surface area contributed by atoms with E-state index in [1.807, 2.05) is 6.07 Å². The summed E-state index contributed by atoms with van der Waals surface area (Å²) in [5, 5.41) is 9.23. The smallest absolute Gasteiger partial charge is 0.348 e. The van der Waals surface area contributed by atoms with Gasteiger partial charge in [0.2, 0.25) is 0 Å². The van der Waals surface area contributed by atoms with E-state index in [0.29, 0.717) is 37.8 Å². The van der Waals surface area contributed by atoms with Crippen LogP contribution in [0, 0.1) is 18.3 Å². The van der Waals surface area contributed by atoms with Gasteiger partial charge >= 0.3 is 5.97 Å². The van der Waals surface area contributed by atoms with Crippen LogP contribution in [0.15, 0.2) is 29.1 Å². The molecule has 1 atom stereocenters. The van der Waals surface area contributed by atoms with E-state index in [-0.39, 0.29) is 12.2 Å². The second-order valence-corrected chi connectivity index (χ2v) is 6.80. The van der Waals surface area contributed by atoms with Gasteiger partial charge in [0.05, 0.1) is 23.6 Å². The number of ether oxygens (including phenoxy) is 2. The van der Waals surface area contributed by atoms with Crippen LogP contribution in [0.25, 0.3) is 10.2 Å². The van der Waals surface area contributed by atoms with Crippen molar-refractivity contribution in [1.82, 2.24) is 9.97 Å². The Morgan fingerprint density at radius 3 is 2.70 bits per heavy atom. The predicted molar refractivity (Wildman–Crippen MR) is 101 cm³/mol. The van der Waals surface area contributed by atoms with Crippen molar-refractivity contribution >= 4 is 27.5 Å². The number of hydrogen-bond acceptors (Lipinski definition) is 7. The Labute approximate surface area is 159 Å². The van der Waals surface area contributed by atoms with Gasteiger partial charge in [0, 0.05) is 0 Å². The van der Waals surface area contributed by atoms with Crippen LogP contribution in [0.1, 0.15) is 46.6 Å². The number of hydrogen-bond donors (Lipinski definition) is 1. The molecule has 2 heterocycles. The van der Waals surface area contributed by atoms with Crippen molar-refractivity contribution in [2.45, 2.75) is 26.9 Å². The quantitative estimate of drug-likeness (QED) is 0.676. The number of carbonyl (C=O) groups excluding carboxylic acids is 1. The molecule has 3 rings (SSSR count). The molecular weight excluding hydrogens is 366 g/mol. The van der Waals surface area contributed by atoms with Crippen molar-refractivity contribution in [3.05, 3.63) is 56.4 Å². The number of nitrogens with one attached hydrogen (secondary N) is 1. The van der Waals surface area contributed by atoms with Crippen LogP contribution in [-0.2, 0) is 4.74 Å². The summed E-state index contributed by atoms with van der Waals surface area (Å²) in [7, 11) is 0. The zero-order valence-electron chi connectivity index (χ0n) is 15.0. The highest BCUT2D eigenvalue weighted by atomic mass is 32.1. The minimum absolute atomic E-state index is 0.261. The van der Waals surface area contributed by atoms with Crippen molar-refractivity contribution in [3.63, 3.8) is 0 Å². The summed E-state index contributed by atoms with van der Waals surface area (Å²) in [6, 6.07) is 8.70. The summed E-state index contributed by atoms with van der Waals surface area (Å²) < 4.78 is 10.8. The normalized spacial score (nSPS) is 11.8. The highest BCUT2D eigenvalue weighted by Gasteiger charge is 2.21. The van der Waals surface area contributed by atoms with E-state index in [1.165, 1.54) is 0 Å². The molecule has 0 radical (unpaired) electrons. The lowest BCUT2D eigenvalue weighted by Gasteiger charge is -2.13. The lowest BCUT2D eigenvalue weighted by atomic mass is 10.2. The first-order chi connectivity index (χ1) is 12.9. The standard InChI is InChI=1S/C19H17N3O4S/c1-4-25-19(24)15-10(2)14-17(23)21-16(22-18(14)27-15)11(3)26-13-7-5-12(9-20)6-8-13/h5-8,11H,4H2,1-3H3,(H,21,22,23)/t11-/m0/s1. The average Bonchev–Trinajstić information content (AvgIpc) is 2.99. The summed E-state index contributed by atoms with van der Waals surface area (Å²) in [4.78, 5) is 32.6. The van der Waals surface area contributed by atoms with Crippen molar-refractivity contribution < 1.29 is 14.3 Å². The Hall–Kier alpha value is -3.18. The van der Waals surface area contributed by atoms with E-state index in [4.69, 9.17) is 14.7 Å². The molecule has 0 unspecified atom stereocenters. The molecule has 0 amide bonds. The Balaban J connectivity index is 1.94. The highest BCUT2D eigenvalue weighted by molar-refractivity contribution is 7.20.